The summed E-state index contributed by atoms with van der Waals surface area (Å²) in [6, 6.07) is 16.4. The lowest BCUT2D eigenvalue weighted by Gasteiger charge is -2.23. The molecule has 0 spiro atoms. The fraction of sp³-hybridized carbons (Fsp3) is 0.294. The maximum absolute atomic E-state index is 9.37. The lowest BCUT2D eigenvalue weighted by molar-refractivity contribution is 0.453. The number of benzene rings is 2. The van der Waals surface area contributed by atoms with E-state index in [1.165, 1.54) is 11.1 Å². The molecule has 2 rings (SSSR count). The van der Waals surface area contributed by atoms with Crippen molar-refractivity contribution in [3.8, 4) is 5.75 Å². The summed E-state index contributed by atoms with van der Waals surface area (Å²) in [5.41, 5.74) is 2.47. The van der Waals surface area contributed by atoms with E-state index in [2.05, 4.69) is 59.4 Å². The number of halogens is 1. The lowest BCUT2D eigenvalue weighted by atomic mass is 10.0. The predicted octanol–water partition coefficient (Wildman–Crippen LogP) is 4.96. The molecular formula is C17H20BrNO. The molecular weight excluding hydrogens is 314 g/mol. The van der Waals surface area contributed by atoms with Gasteiger partial charge in [-0.2, -0.15) is 0 Å². The van der Waals surface area contributed by atoms with Gasteiger partial charge in [0, 0.05) is 16.6 Å². The van der Waals surface area contributed by atoms with E-state index in [0.29, 0.717) is 5.75 Å². The molecule has 0 saturated carbocycles. The normalized spacial score (nSPS) is 13.9. The molecule has 2 nitrogen and oxygen atoms in total. The van der Waals surface area contributed by atoms with E-state index in [9.17, 15) is 5.11 Å². The first-order valence-corrected chi connectivity index (χ1v) is 7.70. The van der Waals surface area contributed by atoms with E-state index < -0.39 is 0 Å². The van der Waals surface area contributed by atoms with Gasteiger partial charge in [-0.25, -0.2) is 0 Å². The predicted molar refractivity (Wildman–Crippen MR) is 86.8 cm³/mol. The Morgan fingerprint density at radius 2 is 1.55 bits per heavy atom. The van der Waals surface area contributed by atoms with Gasteiger partial charge in [-0.05, 0) is 48.7 Å². The molecule has 2 aromatic rings. The Balaban J connectivity index is 2.09. The third-order valence-corrected chi connectivity index (χ3v) is 4.05. The lowest BCUT2D eigenvalue weighted by Crippen LogP contribution is -2.24. The van der Waals surface area contributed by atoms with Gasteiger partial charge in [0.15, 0.2) is 0 Å². The fourth-order valence-corrected chi connectivity index (χ4v) is 2.57. The summed E-state index contributed by atoms with van der Waals surface area (Å²) in [6.07, 6.45) is 1.01. The van der Waals surface area contributed by atoms with Gasteiger partial charge in [-0.3, -0.25) is 0 Å². The van der Waals surface area contributed by atoms with Crippen molar-refractivity contribution in [2.24, 2.45) is 0 Å². The summed E-state index contributed by atoms with van der Waals surface area (Å²) < 4.78 is 1.10. The van der Waals surface area contributed by atoms with Crippen molar-refractivity contribution in [1.82, 2.24) is 5.32 Å². The number of nitrogens with one attached hydrogen (secondary N) is 1. The van der Waals surface area contributed by atoms with Crippen molar-refractivity contribution in [2.45, 2.75) is 32.4 Å². The highest BCUT2D eigenvalue weighted by Gasteiger charge is 2.13. The van der Waals surface area contributed by atoms with Crippen LogP contribution in [-0.4, -0.2) is 5.11 Å². The Kier molecular flexibility index (Phi) is 5.21. The van der Waals surface area contributed by atoms with Crippen LogP contribution in [0, 0.1) is 0 Å². The molecule has 0 aliphatic carbocycles. The second kappa shape index (κ2) is 6.91. The summed E-state index contributed by atoms with van der Waals surface area (Å²) in [5.74, 6) is 0.310. The maximum Gasteiger partial charge on any atom is 0.115 e. The fourth-order valence-electron chi connectivity index (χ4n) is 2.31. The molecule has 106 valence electrons. The zero-order valence-electron chi connectivity index (χ0n) is 11.8. The number of hydrogen-bond donors (Lipinski definition) is 2. The van der Waals surface area contributed by atoms with E-state index in [1.807, 2.05) is 12.1 Å². The van der Waals surface area contributed by atoms with Gasteiger partial charge in [0.2, 0.25) is 0 Å². The molecule has 0 heterocycles. The van der Waals surface area contributed by atoms with Gasteiger partial charge in [0.25, 0.3) is 0 Å². The molecule has 0 aliphatic heterocycles. The van der Waals surface area contributed by atoms with Crippen LogP contribution >= 0.6 is 15.9 Å². The highest BCUT2D eigenvalue weighted by atomic mass is 79.9. The van der Waals surface area contributed by atoms with Gasteiger partial charge in [-0.1, -0.05) is 47.1 Å². The third kappa shape index (κ3) is 3.84. The molecule has 2 atom stereocenters. The monoisotopic (exact) mass is 333 g/mol. The van der Waals surface area contributed by atoms with Crippen molar-refractivity contribution in [2.75, 3.05) is 0 Å². The molecule has 20 heavy (non-hydrogen) atoms. The molecule has 1 unspecified atom stereocenters. The van der Waals surface area contributed by atoms with E-state index in [1.54, 1.807) is 12.1 Å². The van der Waals surface area contributed by atoms with Gasteiger partial charge in [-0.15, -0.1) is 0 Å². The molecule has 3 heteroatoms. The van der Waals surface area contributed by atoms with Crippen LogP contribution in [0.4, 0.5) is 0 Å². The summed E-state index contributed by atoms with van der Waals surface area (Å²) in [5, 5.41) is 13.0. The second-order valence-corrected chi connectivity index (χ2v) is 5.91. The Labute approximate surface area is 129 Å². The Bertz CT molecular complexity index is 536. The first kappa shape index (κ1) is 15.1. The van der Waals surface area contributed by atoms with Crippen LogP contribution in [0.2, 0.25) is 0 Å². The van der Waals surface area contributed by atoms with Crippen molar-refractivity contribution in [1.29, 1.82) is 0 Å². The Morgan fingerprint density at radius 1 is 1.00 bits per heavy atom. The quantitative estimate of drug-likeness (QED) is 0.810. The summed E-state index contributed by atoms with van der Waals surface area (Å²) in [6.45, 7) is 4.34. The standard InChI is InChI=1S/C17H20BrNO/c1-3-17(14-6-10-16(20)11-7-14)19-12(2)13-4-8-15(18)9-5-13/h4-12,17,19-20H,3H2,1-2H3/t12-,17?/m1/s1. The molecule has 0 radical (unpaired) electrons. The number of phenols is 1. The van der Waals surface area contributed by atoms with Gasteiger partial charge in [0.1, 0.15) is 5.75 Å². The van der Waals surface area contributed by atoms with Crippen molar-refractivity contribution >= 4 is 15.9 Å². The van der Waals surface area contributed by atoms with Crippen LogP contribution in [-0.2, 0) is 0 Å². The summed E-state index contributed by atoms with van der Waals surface area (Å²) >= 11 is 3.46. The van der Waals surface area contributed by atoms with Gasteiger partial charge < -0.3 is 10.4 Å². The highest BCUT2D eigenvalue weighted by molar-refractivity contribution is 9.10. The van der Waals surface area contributed by atoms with Crippen molar-refractivity contribution < 1.29 is 5.11 Å². The SMILES string of the molecule is CCC(N[C@H](C)c1ccc(Br)cc1)c1ccc(O)cc1. The smallest absolute Gasteiger partial charge is 0.115 e. The van der Waals surface area contributed by atoms with Crippen LogP contribution < -0.4 is 5.32 Å². The number of hydrogen-bond acceptors (Lipinski definition) is 2. The van der Waals surface area contributed by atoms with Gasteiger partial charge in [0.05, 0.1) is 0 Å². The van der Waals surface area contributed by atoms with Crippen LogP contribution in [0.25, 0.3) is 0 Å². The van der Waals surface area contributed by atoms with E-state index in [-0.39, 0.29) is 12.1 Å². The molecule has 2 N–H and O–H groups in total. The van der Waals surface area contributed by atoms with Crippen LogP contribution in [0.5, 0.6) is 5.75 Å². The van der Waals surface area contributed by atoms with Crippen LogP contribution in [0.15, 0.2) is 53.0 Å². The minimum Gasteiger partial charge on any atom is -0.508 e. The zero-order chi connectivity index (χ0) is 14.5. The highest BCUT2D eigenvalue weighted by Crippen LogP contribution is 2.24. The average Bonchev–Trinajstić information content (AvgIpc) is 2.46. The topological polar surface area (TPSA) is 32.3 Å². The third-order valence-electron chi connectivity index (χ3n) is 3.52. The molecule has 0 fully saturated rings. The number of aromatic hydroxyl groups is 1. The average molecular weight is 334 g/mol. The summed E-state index contributed by atoms with van der Waals surface area (Å²) in [7, 11) is 0. The van der Waals surface area contributed by atoms with Crippen molar-refractivity contribution in [3.05, 3.63) is 64.1 Å². The van der Waals surface area contributed by atoms with E-state index >= 15 is 0 Å². The first-order valence-electron chi connectivity index (χ1n) is 6.90. The minimum atomic E-state index is 0.279. The molecule has 0 aromatic heterocycles. The van der Waals surface area contributed by atoms with Gasteiger partial charge >= 0.3 is 0 Å². The Hall–Kier alpha value is -1.32. The zero-order valence-corrected chi connectivity index (χ0v) is 13.4. The molecule has 0 bridgehead atoms. The van der Waals surface area contributed by atoms with E-state index in [4.69, 9.17) is 0 Å². The first-order chi connectivity index (χ1) is 9.60. The second-order valence-electron chi connectivity index (χ2n) is 4.99. The Morgan fingerprint density at radius 3 is 2.10 bits per heavy atom. The maximum atomic E-state index is 9.37. The minimum absolute atomic E-state index is 0.279. The molecule has 0 aliphatic rings. The number of phenolic OH excluding ortho intramolecular Hbond substituents is 1. The van der Waals surface area contributed by atoms with E-state index in [0.717, 1.165) is 10.9 Å². The molecule has 0 saturated heterocycles. The number of rotatable bonds is 5. The van der Waals surface area contributed by atoms with Crippen LogP contribution in [0.3, 0.4) is 0 Å². The largest absolute Gasteiger partial charge is 0.508 e. The van der Waals surface area contributed by atoms with Crippen molar-refractivity contribution in [3.63, 3.8) is 0 Å². The molecule has 0 amide bonds. The molecule has 2 aromatic carbocycles. The van der Waals surface area contributed by atoms with Crippen LogP contribution in [0.1, 0.15) is 43.5 Å². The summed E-state index contributed by atoms with van der Waals surface area (Å²) in [4.78, 5) is 0.